The van der Waals surface area contributed by atoms with E-state index < -0.39 is 0 Å². The van der Waals surface area contributed by atoms with E-state index in [-0.39, 0.29) is 0 Å². The maximum Gasteiger partial charge on any atom is 0.124 e. The molecule has 1 saturated heterocycles. The Balaban J connectivity index is 2.32. The van der Waals surface area contributed by atoms with Crippen LogP contribution in [0.15, 0.2) is 18.2 Å². The summed E-state index contributed by atoms with van der Waals surface area (Å²) in [5.41, 5.74) is 2.77. The van der Waals surface area contributed by atoms with Crippen molar-refractivity contribution in [2.75, 3.05) is 18.6 Å². The monoisotopic (exact) mass is 240 g/mol. The minimum absolute atomic E-state index is 0.575. The van der Waals surface area contributed by atoms with Crippen LogP contribution < -0.4 is 4.74 Å². The second kappa shape index (κ2) is 5.17. The van der Waals surface area contributed by atoms with Gasteiger partial charge < -0.3 is 4.74 Å². The first-order valence-corrected chi connectivity index (χ1v) is 7.35. The van der Waals surface area contributed by atoms with Crippen LogP contribution in [0.1, 0.15) is 22.6 Å². The Hall–Kier alpha value is -0.280. The molecule has 15 heavy (non-hydrogen) atoms. The lowest BCUT2D eigenvalue weighted by Gasteiger charge is -2.14. The molecule has 0 saturated carbocycles. The van der Waals surface area contributed by atoms with Crippen molar-refractivity contribution in [2.45, 2.75) is 17.9 Å². The van der Waals surface area contributed by atoms with Crippen LogP contribution in [0, 0.1) is 0 Å². The molecule has 0 aromatic heterocycles. The summed E-state index contributed by atoms with van der Waals surface area (Å²) < 4.78 is 6.01. The lowest BCUT2D eigenvalue weighted by atomic mass is 10.1. The summed E-state index contributed by atoms with van der Waals surface area (Å²) >= 11 is 4.05. The van der Waals surface area contributed by atoms with Crippen molar-refractivity contribution in [1.82, 2.24) is 0 Å². The third-order valence-corrected chi connectivity index (χ3v) is 5.65. The van der Waals surface area contributed by atoms with Gasteiger partial charge in [-0.25, -0.2) is 0 Å². The highest BCUT2D eigenvalue weighted by Gasteiger charge is 2.21. The van der Waals surface area contributed by atoms with Gasteiger partial charge >= 0.3 is 0 Å². The first-order chi connectivity index (χ1) is 7.35. The van der Waals surface area contributed by atoms with Crippen LogP contribution >= 0.6 is 23.5 Å². The number of ether oxygens (including phenoxy) is 1. The van der Waals surface area contributed by atoms with Gasteiger partial charge in [0.15, 0.2) is 0 Å². The largest absolute Gasteiger partial charge is 0.496 e. The molecule has 0 spiro atoms. The van der Waals surface area contributed by atoms with E-state index in [9.17, 15) is 0 Å². The molecule has 1 aromatic carbocycles. The van der Waals surface area contributed by atoms with Gasteiger partial charge in [-0.15, -0.1) is 23.5 Å². The van der Waals surface area contributed by atoms with Crippen molar-refractivity contribution in [3.8, 4) is 5.75 Å². The molecule has 0 bridgehead atoms. The molecule has 1 nitrogen and oxygen atoms in total. The Bertz CT molecular complexity index is 332. The standard InChI is InChI=1S/C12H16OS2/c1-3-9-4-5-11(13-2)10(8-9)12-14-6-7-15-12/h4-5,8,12H,3,6-7H2,1-2H3. The Kier molecular flexibility index (Phi) is 3.87. The van der Waals surface area contributed by atoms with E-state index in [2.05, 4.69) is 25.1 Å². The van der Waals surface area contributed by atoms with Gasteiger partial charge in [0, 0.05) is 17.1 Å². The summed E-state index contributed by atoms with van der Waals surface area (Å²) in [5.74, 6) is 3.56. The van der Waals surface area contributed by atoms with Gasteiger partial charge in [-0.2, -0.15) is 0 Å². The Morgan fingerprint density at radius 1 is 1.33 bits per heavy atom. The number of thioether (sulfide) groups is 2. The van der Waals surface area contributed by atoms with Crippen molar-refractivity contribution in [3.63, 3.8) is 0 Å². The molecule has 0 aliphatic carbocycles. The molecule has 1 aliphatic heterocycles. The smallest absolute Gasteiger partial charge is 0.124 e. The third-order valence-electron chi connectivity index (χ3n) is 2.58. The second-order valence-corrected chi connectivity index (χ2v) is 6.23. The van der Waals surface area contributed by atoms with Crippen molar-refractivity contribution < 1.29 is 4.74 Å². The van der Waals surface area contributed by atoms with Crippen LogP contribution in [0.5, 0.6) is 5.75 Å². The quantitative estimate of drug-likeness (QED) is 0.796. The van der Waals surface area contributed by atoms with Crippen LogP contribution in [-0.2, 0) is 6.42 Å². The first-order valence-electron chi connectivity index (χ1n) is 5.25. The fourth-order valence-electron chi connectivity index (χ4n) is 1.73. The van der Waals surface area contributed by atoms with Crippen LogP contribution in [-0.4, -0.2) is 18.6 Å². The van der Waals surface area contributed by atoms with Gasteiger partial charge in [0.2, 0.25) is 0 Å². The number of methoxy groups -OCH3 is 1. The molecule has 3 heteroatoms. The van der Waals surface area contributed by atoms with Crippen LogP contribution in [0.4, 0.5) is 0 Å². The van der Waals surface area contributed by atoms with Gasteiger partial charge in [0.05, 0.1) is 11.7 Å². The Morgan fingerprint density at radius 3 is 2.67 bits per heavy atom. The molecule has 1 heterocycles. The average molecular weight is 240 g/mol. The molecular weight excluding hydrogens is 224 g/mol. The van der Waals surface area contributed by atoms with Crippen molar-refractivity contribution in [2.24, 2.45) is 0 Å². The lowest BCUT2D eigenvalue weighted by molar-refractivity contribution is 0.411. The number of hydrogen-bond donors (Lipinski definition) is 0. The van der Waals surface area contributed by atoms with E-state index in [4.69, 9.17) is 4.74 Å². The van der Waals surface area contributed by atoms with E-state index >= 15 is 0 Å². The Labute approximate surface area is 100.0 Å². The normalized spacial score (nSPS) is 16.9. The zero-order chi connectivity index (χ0) is 10.7. The SMILES string of the molecule is CCc1ccc(OC)c(C2SCCS2)c1. The van der Waals surface area contributed by atoms with E-state index in [0.717, 1.165) is 12.2 Å². The number of aryl methyl sites for hydroxylation is 1. The van der Waals surface area contributed by atoms with E-state index in [1.54, 1.807) is 7.11 Å². The molecule has 0 atom stereocenters. The first kappa shape index (κ1) is 11.2. The molecule has 0 N–H and O–H groups in total. The lowest BCUT2D eigenvalue weighted by Crippen LogP contribution is -1.94. The zero-order valence-corrected chi connectivity index (χ0v) is 10.8. The van der Waals surface area contributed by atoms with Gasteiger partial charge in [-0.3, -0.25) is 0 Å². The summed E-state index contributed by atoms with van der Waals surface area (Å²) in [6.07, 6.45) is 1.10. The summed E-state index contributed by atoms with van der Waals surface area (Å²) in [4.78, 5) is 0. The maximum atomic E-state index is 5.43. The minimum Gasteiger partial charge on any atom is -0.496 e. The summed E-state index contributed by atoms with van der Waals surface area (Å²) in [5, 5.41) is 0. The topological polar surface area (TPSA) is 9.23 Å². The summed E-state index contributed by atoms with van der Waals surface area (Å²) in [7, 11) is 1.76. The maximum absolute atomic E-state index is 5.43. The van der Waals surface area contributed by atoms with E-state index in [1.807, 2.05) is 23.5 Å². The molecule has 0 unspecified atom stereocenters. The van der Waals surface area contributed by atoms with E-state index in [0.29, 0.717) is 4.58 Å². The second-order valence-electron chi connectivity index (χ2n) is 3.50. The van der Waals surface area contributed by atoms with Crippen LogP contribution in [0.3, 0.4) is 0 Å². The molecule has 2 rings (SSSR count). The fraction of sp³-hybridized carbons (Fsp3) is 0.500. The average Bonchev–Trinajstić information content (AvgIpc) is 2.81. The van der Waals surface area contributed by atoms with E-state index in [1.165, 1.54) is 22.6 Å². The third kappa shape index (κ3) is 2.45. The van der Waals surface area contributed by atoms with Crippen LogP contribution in [0.2, 0.25) is 0 Å². The highest BCUT2D eigenvalue weighted by atomic mass is 32.2. The zero-order valence-electron chi connectivity index (χ0n) is 9.16. The highest BCUT2D eigenvalue weighted by Crippen LogP contribution is 2.48. The number of rotatable bonds is 3. The van der Waals surface area contributed by atoms with Gasteiger partial charge in [0.1, 0.15) is 5.75 Å². The predicted octanol–water partition coefficient (Wildman–Crippen LogP) is 3.74. The van der Waals surface area contributed by atoms with Crippen molar-refractivity contribution in [1.29, 1.82) is 0 Å². The number of hydrogen-bond acceptors (Lipinski definition) is 3. The van der Waals surface area contributed by atoms with Crippen molar-refractivity contribution in [3.05, 3.63) is 29.3 Å². The molecule has 0 radical (unpaired) electrons. The van der Waals surface area contributed by atoms with Crippen molar-refractivity contribution >= 4 is 23.5 Å². The van der Waals surface area contributed by atoms with Crippen LogP contribution in [0.25, 0.3) is 0 Å². The summed E-state index contributed by atoms with van der Waals surface area (Å²) in [6, 6.07) is 6.56. The molecule has 1 aromatic rings. The molecule has 1 fully saturated rings. The molecule has 1 aliphatic rings. The number of benzene rings is 1. The summed E-state index contributed by atoms with van der Waals surface area (Å²) in [6.45, 7) is 2.19. The van der Waals surface area contributed by atoms with Gasteiger partial charge in [-0.1, -0.05) is 19.1 Å². The molecule has 0 amide bonds. The Morgan fingerprint density at radius 2 is 2.07 bits per heavy atom. The van der Waals surface area contributed by atoms with Gasteiger partial charge in [-0.05, 0) is 18.1 Å². The fourth-order valence-corrected chi connectivity index (χ4v) is 4.61. The molecular formula is C12H16OS2. The minimum atomic E-state index is 0.575. The predicted molar refractivity (Wildman–Crippen MR) is 70.0 cm³/mol. The highest BCUT2D eigenvalue weighted by molar-refractivity contribution is 8.19. The molecule has 82 valence electrons. The van der Waals surface area contributed by atoms with Gasteiger partial charge in [0.25, 0.3) is 0 Å².